The first-order valence-electron chi connectivity index (χ1n) is 7.67. The Balaban J connectivity index is 2.36. The van der Waals surface area contributed by atoms with E-state index in [0.717, 1.165) is 12.3 Å². The highest BCUT2D eigenvalue weighted by molar-refractivity contribution is 5.39. The van der Waals surface area contributed by atoms with Gasteiger partial charge >= 0.3 is 0 Å². The summed E-state index contributed by atoms with van der Waals surface area (Å²) in [7, 11) is 0. The molecule has 0 amide bonds. The van der Waals surface area contributed by atoms with E-state index in [0.29, 0.717) is 0 Å². The fourth-order valence-corrected chi connectivity index (χ4v) is 2.56. The van der Waals surface area contributed by atoms with Crippen LogP contribution in [0.3, 0.4) is 0 Å². The van der Waals surface area contributed by atoms with Crippen LogP contribution in [0.2, 0.25) is 0 Å². The molecule has 0 spiro atoms. The molecule has 2 rings (SSSR count). The summed E-state index contributed by atoms with van der Waals surface area (Å²) in [5.74, 6) is 0.930. The number of benzene rings is 2. The molecule has 1 unspecified atom stereocenters. The average Bonchev–Trinajstić information content (AvgIpc) is 2.45. The van der Waals surface area contributed by atoms with E-state index >= 15 is 0 Å². The molecule has 0 aliphatic carbocycles. The predicted octanol–water partition coefficient (Wildman–Crippen LogP) is 4.48. The van der Waals surface area contributed by atoms with Crippen LogP contribution in [0.1, 0.15) is 43.5 Å². The quantitative estimate of drug-likeness (QED) is 0.844. The van der Waals surface area contributed by atoms with Crippen LogP contribution in [0.25, 0.3) is 0 Å². The molecule has 1 atom stereocenters. The van der Waals surface area contributed by atoms with Crippen LogP contribution in [-0.4, -0.2) is 12.6 Å². The number of nitrogens with one attached hydrogen (secondary N) is 1. The zero-order valence-electron chi connectivity index (χ0n) is 13.4. The maximum Gasteiger partial charge on any atom is 0.120 e. The lowest BCUT2D eigenvalue weighted by molar-refractivity contribution is 0.242. The van der Waals surface area contributed by atoms with Gasteiger partial charge in [-0.3, -0.25) is 0 Å². The molecule has 1 N–H and O–H groups in total. The Bertz CT molecular complexity index is 577. The van der Waals surface area contributed by atoms with E-state index in [9.17, 15) is 0 Å². The third kappa shape index (κ3) is 4.08. The van der Waals surface area contributed by atoms with Crippen LogP contribution in [0, 0.1) is 6.92 Å². The van der Waals surface area contributed by atoms with Crippen molar-refractivity contribution in [3.63, 3.8) is 0 Å². The van der Waals surface area contributed by atoms with Crippen molar-refractivity contribution in [2.75, 3.05) is 6.54 Å². The number of rotatable bonds is 6. The summed E-state index contributed by atoms with van der Waals surface area (Å²) in [5, 5.41) is 3.58. The molecule has 2 heteroatoms. The number of aryl methyl sites for hydroxylation is 1. The van der Waals surface area contributed by atoms with Gasteiger partial charge < -0.3 is 10.1 Å². The summed E-state index contributed by atoms with van der Waals surface area (Å²) in [4.78, 5) is 0. The SMILES string of the molecule is CCNC(c1cccc(OC(C)C)c1)c1ccccc1C. The number of hydrogen-bond acceptors (Lipinski definition) is 2. The van der Waals surface area contributed by atoms with Gasteiger partial charge in [-0.1, -0.05) is 43.3 Å². The van der Waals surface area contributed by atoms with Crippen molar-refractivity contribution in [1.29, 1.82) is 0 Å². The smallest absolute Gasteiger partial charge is 0.120 e. The van der Waals surface area contributed by atoms with Crippen LogP contribution < -0.4 is 10.1 Å². The van der Waals surface area contributed by atoms with Crippen LogP contribution in [0.15, 0.2) is 48.5 Å². The zero-order valence-corrected chi connectivity index (χ0v) is 13.4. The second kappa shape index (κ2) is 7.28. The molecule has 0 radical (unpaired) electrons. The minimum absolute atomic E-state index is 0.191. The van der Waals surface area contributed by atoms with Gasteiger partial charge in [0, 0.05) is 0 Å². The number of ether oxygens (including phenoxy) is 1. The second-order valence-electron chi connectivity index (χ2n) is 5.59. The molecule has 0 saturated heterocycles. The molecule has 0 aliphatic rings. The molecule has 0 aromatic heterocycles. The largest absolute Gasteiger partial charge is 0.491 e. The Morgan fingerprint density at radius 3 is 2.48 bits per heavy atom. The van der Waals surface area contributed by atoms with Crippen LogP contribution >= 0.6 is 0 Å². The van der Waals surface area contributed by atoms with Gasteiger partial charge in [0.1, 0.15) is 5.75 Å². The lowest BCUT2D eigenvalue weighted by Gasteiger charge is -2.22. The monoisotopic (exact) mass is 283 g/mol. The van der Waals surface area contributed by atoms with E-state index in [2.05, 4.69) is 75.5 Å². The second-order valence-corrected chi connectivity index (χ2v) is 5.59. The molecule has 2 nitrogen and oxygen atoms in total. The van der Waals surface area contributed by atoms with Crippen LogP contribution in [-0.2, 0) is 0 Å². The van der Waals surface area contributed by atoms with Gasteiger partial charge in [0.15, 0.2) is 0 Å². The zero-order chi connectivity index (χ0) is 15.2. The molecule has 0 aliphatic heterocycles. The third-order valence-electron chi connectivity index (χ3n) is 3.47. The Labute approximate surface area is 128 Å². The van der Waals surface area contributed by atoms with Gasteiger partial charge in [-0.2, -0.15) is 0 Å². The highest BCUT2D eigenvalue weighted by Gasteiger charge is 2.15. The molecule has 112 valence electrons. The van der Waals surface area contributed by atoms with Crippen molar-refractivity contribution in [3.05, 3.63) is 65.2 Å². The van der Waals surface area contributed by atoms with Crippen molar-refractivity contribution in [2.24, 2.45) is 0 Å². The van der Waals surface area contributed by atoms with E-state index < -0.39 is 0 Å². The van der Waals surface area contributed by atoms with Crippen LogP contribution in [0.4, 0.5) is 0 Å². The topological polar surface area (TPSA) is 21.3 Å². The van der Waals surface area contributed by atoms with Gasteiger partial charge in [-0.05, 0) is 56.1 Å². The van der Waals surface area contributed by atoms with Crippen LogP contribution in [0.5, 0.6) is 5.75 Å². The van der Waals surface area contributed by atoms with E-state index in [1.54, 1.807) is 0 Å². The molecule has 21 heavy (non-hydrogen) atoms. The summed E-state index contributed by atoms with van der Waals surface area (Å²) in [5.41, 5.74) is 3.86. The summed E-state index contributed by atoms with van der Waals surface area (Å²) in [6, 6.07) is 17.1. The summed E-state index contributed by atoms with van der Waals surface area (Å²) in [6.07, 6.45) is 0.191. The molecular formula is C19H25NO. The maximum absolute atomic E-state index is 5.82. The molecule has 2 aromatic carbocycles. The van der Waals surface area contributed by atoms with Crippen molar-refractivity contribution >= 4 is 0 Å². The van der Waals surface area contributed by atoms with E-state index in [1.807, 2.05) is 6.07 Å². The normalized spacial score (nSPS) is 12.4. The fraction of sp³-hybridized carbons (Fsp3) is 0.368. The first kappa shape index (κ1) is 15.6. The van der Waals surface area contributed by atoms with Gasteiger partial charge in [0.2, 0.25) is 0 Å². The molecule has 0 saturated carbocycles. The van der Waals surface area contributed by atoms with E-state index in [4.69, 9.17) is 4.74 Å². The van der Waals surface area contributed by atoms with Gasteiger partial charge in [-0.15, -0.1) is 0 Å². The Morgan fingerprint density at radius 2 is 1.81 bits per heavy atom. The highest BCUT2D eigenvalue weighted by atomic mass is 16.5. The average molecular weight is 283 g/mol. The summed E-state index contributed by atoms with van der Waals surface area (Å²) < 4.78 is 5.82. The van der Waals surface area contributed by atoms with Crippen molar-refractivity contribution < 1.29 is 4.74 Å². The molecule has 0 heterocycles. The minimum atomic E-state index is 0.191. The van der Waals surface area contributed by atoms with Gasteiger partial charge in [0.05, 0.1) is 12.1 Å². The molecule has 0 bridgehead atoms. The van der Waals surface area contributed by atoms with Crippen molar-refractivity contribution in [2.45, 2.75) is 39.8 Å². The maximum atomic E-state index is 5.82. The lowest BCUT2D eigenvalue weighted by Crippen LogP contribution is -2.22. The Hall–Kier alpha value is -1.80. The summed E-state index contributed by atoms with van der Waals surface area (Å²) >= 11 is 0. The lowest BCUT2D eigenvalue weighted by atomic mass is 9.95. The first-order valence-corrected chi connectivity index (χ1v) is 7.67. The molecular weight excluding hydrogens is 258 g/mol. The van der Waals surface area contributed by atoms with Crippen molar-refractivity contribution in [1.82, 2.24) is 5.32 Å². The number of hydrogen-bond donors (Lipinski definition) is 1. The summed E-state index contributed by atoms with van der Waals surface area (Å²) in [6.45, 7) is 9.33. The van der Waals surface area contributed by atoms with Crippen molar-refractivity contribution in [3.8, 4) is 5.75 Å². The van der Waals surface area contributed by atoms with Gasteiger partial charge in [0.25, 0.3) is 0 Å². The third-order valence-corrected chi connectivity index (χ3v) is 3.47. The Morgan fingerprint density at radius 1 is 1.05 bits per heavy atom. The van der Waals surface area contributed by atoms with E-state index in [-0.39, 0.29) is 12.1 Å². The van der Waals surface area contributed by atoms with Gasteiger partial charge in [-0.25, -0.2) is 0 Å². The molecule has 2 aromatic rings. The standard InChI is InChI=1S/C19H25NO/c1-5-20-19(18-12-7-6-9-15(18)4)16-10-8-11-17(13-16)21-14(2)3/h6-14,19-20H,5H2,1-4H3. The highest BCUT2D eigenvalue weighted by Crippen LogP contribution is 2.27. The Kier molecular flexibility index (Phi) is 5.40. The first-order chi connectivity index (χ1) is 10.1. The molecule has 0 fully saturated rings. The minimum Gasteiger partial charge on any atom is -0.491 e. The van der Waals surface area contributed by atoms with E-state index in [1.165, 1.54) is 16.7 Å². The fourth-order valence-electron chi connectivity index (χ4n) is 2.56. The predicted molar refractivity (Wildman–Crippen MR) is 88.9 cm³/mol.